The summed E-state index contributed by atoms with van der Waals surface area (Å²) in [5.74, 6) is 0.931. The van der Waals surface area contributed by atoms with E-state index in [1.54, 1.807) is 28.4 Å². The molecule has 0 bridgehead atoms. The second kappa shape index (κ2) is 10.3. The number of hydrogen-bond donors (Lipinski definition) is 0. The van der Waals surface area contributed by atoms with E-state index in [2.05, 4.69) is 11.4 Å². The van der Waals surface area contributed by atoms with Gasteiger partial charge in [-0.2, -0.15) is 0 Å². The van der Waals surface area contributed by atoms with Crippen LogP contribution in [-0.2, 0) is 16.0 Å². The molecule has 0 aliphatic carbocycles. The molecular formula is C25H33ClN2O3S. The van der Waals surface area contributed by atoms with Crippen molar-refractivity contribution in [3.05, 3.63) is 51.2 Å². The zero-order valence-corrected chi connectivity index (χ0v) is 21.1. The van der Waals surface area contributed by atoms with Crippen LogP contribution in [0.2, 0.25) is 5.02 Å². The van der Waals surface area contributed by atoms with Crippen LogP contribution in [0.25, 0.3) is 0 Å². The Hall–Kier alpha value is -2.05. The Morgan fingerprint density at radius 2 is 1.91 bits per heavy atom. The highest BCUT2D eigenvalue weighted by Crippen LogP contribution is 2.34. The van der Waals surface area contributed by atoms with Gasteiger partial charge in [0.05, 0.1) is 6.04 Å². The molecule has 0 spiro atoms. The first-order chi connectivity index (χ1) is 15.1. The molecule has 0 saturated carbocycles. The Morgan fingerprint density at radius 3 is 2.53 bits per heavy atom. The molecule has 1 aromatic heterocycles. The second-order valence-corrected chi connectivity index (χ2v) is 11.1. The third-order valence-corrected chi connectivity index (χ3v) is 6.87. The van der Waals surface area contributed by atoms with E-state index in [4.69, 9.17) is 16.3 Å². The summed E-state index contributed by atoms with van der Waals surface area (Å²) in [5.41, 5.74) is 0.708. The lowest BCUT2D eigenvalue weighted by Gasteiger charge is -2.40. The Labute approximate surface area is 200 Å². The first-order valence-electron chi connectivity index (χ1n) is 11.1. The van der Waals surface area contributed by atoms with E-state index in [0.29, 0.717) is 30.3 Å². The van der Waals surface area contributed by atoms with E-state index < -0.39 is 5.54 Å². The monoisotopic (exact) mass is 476 g/mol. The Kier molecular flexibility index (Phi) is 7.88. The number of carbonyl (C=O) groups is 2. The van der Waals surface area contributed by atoms with E-state index in [1.165, 1.54) is 4.88 Å². The van der Waals surface area contributed by atoms with Gasteiger partial charge in [0.25, 0.3) is 0 Å². The van der Waals surface area contributed by atoms with E-state index in [-0.39, 0.29) is 30.3 Å². The summed E-state index contributed by atoms with van der Waals surface area (Å²) in [6, 6.07) is 9.14. The van der Waals surface area contributed by atoms with Gasteiger partial charge in [-0.3, -0.25) is 9.59 Å². The fourth-order valence-electron chi connectivity index (χ4n) is 3.97. The van der Waals surface area contributed by atoms with Gasteiger partial charge in [-0.15, -0.1) is 11.3 Å². The van der Waals surface area contributed by atoms with Crippen LogP contribution < -0.4 is 4.74 Å². The number of thiophene rings is 1. The molecule has 1 aromatic carbocycles. The minimum absolute atomic E-state index is 0.0167. The highest BCUT2D eigenvalue weighted by molar-refractivity contribution is 7.10. The van der Waals surface area contributed by atoms with Gasteiger partial charge in [0.1, 0.15) is 18.9 Å². The van der Waals surface area contributed by atoms with Gasteiger partial charge in [0.2, 0.25) is 11.8 Å². The average molecular weight is 477 g/mol. The van der Waals surface area contributed by atoms with Crippen LogP contribution in [0.1, 0.15) is 57.5 Å². The van der Waals surface area contributed by atoms with Crippen LogP contribution in [0, 0.1) is 5.92 Å². The van der Waals surface area contributed by atoms with Gasteiger partial charge >= 0.3 is 0 Å². The van der Waals surface area contributed by atoms with E-state index in [0.717, 1.165) is 12.0 Å². The standard InChI is InChI=1S/C25H33ClN2O3S/c1-17(2)14-23(29)28(25(3,4)5)15-24(30)27-12-10-22-20(11-13-32-22)21(27)16-31-19-8-6-18(26)7-9-19/h6-9,11,13,17,21H,10,12,14-16H2,1-5H3/t21-/m0/s1. The smallest absolute Gasteiger partial charge is 0.242 e. The van der Waals surface area contributed by atoms with Crippen molar-refractivity contribution in [3.63, 3.8) is 0 Å². The molecule has 0 radical (unpaired) electrons. The quantitative estimate of drug-likeness (QED) is 0.524. The molecule has 32 heavy (non-hydrogen) atoms. The lowest BCUT2D eigenvalue weighted by Crippen LogP contribution is -2.53. The minimum Gasteiger partial charge on any atom is -0.491 e. The summed E-state index contributed by atoms with van der Waals surface area (Å²) in [4.78, 5) is 31.3. The van der Waals surface area contributed by atoms with Crippen molar-refractivity contribution in [2.45, 2.75) is 59.0 Å². The highest BCUT2D eigenvalue weighted by atomic mass is 35.5. The number of benzene rings is 1. The lowest BCUT2D eigenvalue weighted by molar-refractivity contribution is -0.147. The number of amides is 2. The van der Waals surface area contributed by atoms with Crippen molar-refractivity contribution in [2.24, 2.45) is 5.92 Å². The number of ether oxygens (including phenoxy) is 1. The van der Waals surface area contributed by atoms with Crippen LogP contribution in [0.4, 0.5) is 0 Å². The van der Waals surface area contributed by atoms with E-state index in [9.17, 15) is 9.59 Å². The summed E-state index contributed by atoms with van der Waals surface area (Å²) >= 11 is 7.70. The topological polar surface area (TPSA) is 49.9 Å². The molecule has 0 N–H and O–H groups in total. The summed E-state index contributed by atoms with van der Waals surface area (Å²) in [6.07, 6.45) is 1.26. The van der Waals surface area contributed by atoms with Crippen LogP contribution in [0.3, 0.4) is 0 Å². The molecule has 2 heterocycles. The maximum Gasteiger partial charge on any atom is 0.242 e. The molecule has 2 aromatic rings. The molecule has 1 aliphatic heterocycles. The number of halogens is 1. The molecule has 1 atom stereocenters. The average Bonchev–Trinajstić information content (AvgIpc) is 3.18. The first kappa shape index (κ1) is 24.6. The fourth-order valence-corrected chi connectivity index (χ4v) is 5.02. The number of fused-ring (bicyclic) bond motifs is 1. The van der Waals surface area contributed by atoms with E-state index in [1.807, 2.05) is 51.7 Å². The van der Waals surface area contributed by atoms with Crippen molar-refractivity contribution < 1.29 is 14.3 Å². The van der Waals surface area contributed by atoms with Crippen molar-refractivity contribution in [1.82, 2.24) is 9.80 Å². The SMILES string of the molecule is CC(C)CC(=O)N(CC(=O)N1CCc2sccc2[C@@H]1COc1ccc(Cl)cc1)C(C)(C)C. The third-order valence-electron chi connectivity index (χ3n) is 5.62. The van der Waals surface area contributed by atoms with Gasteiger partial charge in [0, 0.05) is 28.4 Å². The molecule has 174 valence electrons. The molecular weight excluding hydrogens is 444 g/mol. The van der Waals surface area contributed by atoms with Gasteiger partial charge in [-0.05, 0) is 74.4 Å². The number of nitrogens with zero attached hydrogens (tertiary/aromatic N) is 2. The summed E-state index contributed by atoms with van der Waals surface area (Å²) in [7, 11) is 0. The van der Waals surface area contributed by atoms with Crippen LogP contribution in [-0.4, -0.2) is 46.8 Å². The molecule has 7 heteroatoms. The molecule has 0 saturated heterocycles. The Morgan fingerprint density at radius 1 is 1.22 bits per heavy atom. The fraction of sp³-hybridized carbons (Fsp3) is 0.520. The molecule has 0 unspecified atom stereocenters. The van der Waals surface area contributed by atoms with E-state index >= 15 is 0 Å². The zero-order chi connectivity index (χ0) is 23.5. The predicted molar refractivity (Wildman–Crippen MR) is 130 cm³/mol. The molecule has 1 aliphatic rings. The Bertz CT molecular complexity index is 933. The summed E-state index contributed by atoms with van der Waals surface area (Å²) in [5, 5.41) is 2.72. The number of carbonyl (C=O) groups excluding carboxylic acids is 2. The maximum atomic E-state index is 13.5. The van der Waals surface area contributed by atoms with Crippen LogP contribution in [0.15, 0.2) is 35.7 Å². The van der Waals surface area contributed by atoms with Gasteiger partial charge in [0.15, 0.2) is 0 Å². The van der Waals surface area contributed by atoms with Crippen molar-refractivity contribution >= 4 is 34.8 Å². The van der Waals surface area contributed by atoms with Gasteiger partial charge in [-0.25, -0.2) is 0 Å². The molecule has 0 fully saturated rings. The molecule has 3 rings (SSSR count). The van der Waals surface area contributed by atoms with Crippen molar-refractivity contribution in [1.29, 1.82) is 0 Å². The summed E-state index contributed by atoms with van der Waals surface area (Å²) < 4.78 is 6.05. The predicted octanol–water partition coefficient (Wildman–Crippen LogP) is 5.58. The minimum atomic E-state index is -0.430. The number of rotatable bonds is 7. The van der Waals surface area contributed by atoms with Crippen LogP contribution >= 0.6 is 22.9 Å². The first-order valence-corrected chi connectivity index (χ1v) is 12.4. The second-order valence-electron chi connectivity index (χ2n) is 9.67. The van der Waals surface area contributed by atoms with Crippen molar-refractivity contribution in [3.8, 4) is 5.75 Å². The van der Waals surface area contributed by atoms with Crippen LogP contribution in [0.5, 0.6) is 5.75 Å². The Balaban J connectivity index is 1.79. The maximum absolute atomic E-state index is 13.5. The number of hydrogen-bond acceptors (Lipinski definition) is 4. The zero-order valence-electron chi connectivity index (χ0n) is 19.6. The largest absolute Gasteiger partial charge is 0.491 e. The third kappa shape index (κ3) is 6.04. The molecule has 5 nitrogen and oxygen atoms in total. The van der Waals surface area contributed by atoms with Gasteiger partial charge < -0.3 is 14.5 Å². The summed E-state index contributed by atoms with van der Waals surface area (Å²) in [6.45, 7) is 11.0. The highest BCUT2D eigenvalue weighted by Gasteiger charge is 2.35. The van der Waals surface area contributed by atoms with Crippen molar-refractivity contribution in [2.75, 3.05) is 19.7 Å². The molecule has 2 amide bonds. The van der Waals surface area contributed by atoms with Gasteiger partial charge in [-0.1, -0.05) is 25.4 Å². The lowest BCUT2D eigenvalue weighted by atomic mass is 9.99. The normalized spacial score (nSPS) is 16.1.